The average Bonchev–Trinajstić information content (AvgIpc) is 3.21. The van der Waals surface area contributed by atoms with Crippen LogP contribution in [0, 0.1) is 13.8 Å². The van der Waals surface area contributed by atoms with Gasteiger partial charge >= 0.3 is 0 Å². The fraction of sp³-hybridized carbons (Fsp3) is 0.706. The highest BCUT2D eigenvalue weighted by Gasteiger charge is 2.30. The van der Waals surface area contributed by atoms with Crippen molar-refractivity contribution in [2.24, 2.45) is 0 Å². The fourth-order valence-electron chi connectivity index (χ4n) is 3.58. The van der Waals surface area contributed by atoms with Crippen LogP contribution in [0.15, 0.2) is 6.07 Å². The van der Waals surface area contributed by atoms with E-state index in [1.807, 2.05) is 6.92 Å². The van der Waals surface area contributed by atoms with Gasteiger partial charge in [0.05, 0.1) is 11.7 Å². The minimum Gasteiger partial charge on any atom is -0.262 e. The van der Waals surface area contributed by atoms with Gasteiger partial charge in [-0.25, -0.2) is 9.67 Å². The van der Waals surface area contributed by atoms with Crippen LogP contribution in [0.1, 0.15) is 79.9 Å². The zero-order valence-electron chi connectivity index (χ0n) is 13.6. The van der Waals surface area contributed by atoms with Crippen molar-refractivity contribution < 1.29 is 0 Å². The Labute approximate surface area is 131 Å². The molecular formula is C17H25N5. The monoisotopic (exact) mass is 299 g/mol. The third kappa shape index (κ3) is 2.69. The molecule has 2 heterocycles. The number of rotatable bonds is 4. The summed E-state index contributed by atoms with van der Waals surface area (Å²) < 4.78 is 4.30. The van der Waals surface area contributed by atoms with Crippen molar-refractivity contribution in [2.45, 2.75) is 77.3 Å². The molecule has 0 aliphatic heterocycles. The first-order valence-corrected chi connectivity index (χ1v) is 8.67. The van der Waals surface area contributed by atoms with Crippen LogP contribution in [0.25, 0.3) is 0 Å². The van der Waals surface area contributed by atoms with Crippen molar-refractivity contribution in [1.82, 2.24) is 24.5 Å². The number of aromatic nitrogens is 5. The second-order valence-electron chi connectivity index (χ2n) is 6.98. The lowest BCUT2D eigenvalue weighted by Gasteiger charge is -2.23. The smallest absolute Gasteiger partial charge is 0.154 e. The molecule has 0 amide bonds. The summed E-state index contributed by atoms with van der Waals surface area (Å²) in [5.74, 6) is 2.78. The van der Waals surface area contributed by atoms with Gasteiger partial charge in [-0.2, -0.15) is 10.2 Å². The summed E-state index contributed by atoms with van der Waals surface area (Å²) in [5, 5.41) is 9.49. The standard InChI is InChI=1S/C17H25N5/c1-12-10-13(2)21(19-12)11-16-18-17(14-8-9-14)20-22(16)15-6-4-3-5-7-15/h10,14-15H,3-9,11H2,1-2H3. The van der Waals surface area contributed by atoms with Gasteiger partial charge in [-0.15, -0.1) is 0 Å². The summed E-state index contributed by atoms with van der Waals surface area (Å²) in [5.41, 5.74) is 2.27. The molecule has 2 saturated carbocycles. The van der Waals surface area contributed by atoms with Crippen molar-refractivity contribution in [2.75, 3.05) is 0 Å². The second kappa shape index (κ2) is 5.52. The van der Waals surface area contributed by atoms with E-state index in [0.717, 1.165) is 23.9 Å². The van der Waals surface area contributed by atoms with Crippen LogP contribution in [0.4, 0.5) is 0 Å². The Balaban J connectivity index is 1.65. The van der Waals surface area contributed by atoms with Gasteiger partial charge in [0.15, 0.2) is 5.82 Å². The van der Waals surface area contributed by atoms with Crippen LogP contribution in [-0.4, -0.2) is 24.5 Å². The minimum absolute atomic E-state index is 0.542. The molecule has 2 aromatic heterocycles. The van der Waals surface area contributed by atoms with Crippen molar-refractivity contribution in [3.63, 3.8) is 0 Å². The van der Waals surface area contributed by atoms with Crippen molar-refractivity contribution in [3.8, 4) is 0 Å². The quantitative estimate of drug-likeness (QED) is 0.868. The molecule has 2 aliphatic carbocycles. The maximum absolute atomic E-state index is 4.89. The van der Waals surface area contributed by atoms with E-state index in [-0.39, 0.29) is 0 Å². The van der Waals surface area contributed by atoms with E-state index in [9.17, 15) is 0 Å². The Kier molecular flexibility index (Phi) is 3.51. The molecule has 0 unspecified atom stereocenters. The van der Waals surface area contributed by atoms with Gasteiger partial charge in [-0.05, 0) is 45.6 Å². The van der Waals surface area contributed by atoms with E-state index < -0.39 is 0 Å². The molecular weight excluding hydrogens is 274 g/mol. The Bertz CT molecular complexity index is 659. The molecule has 0 N–H and O–H groups in total. The van der Waals surface area contributed by atoms with Crippen LogP contribution >= 0.6 is 0 Å². The Morgan fingerprint density at radius 1 is 1.05 bits per heavy atom. The summed E-state index contributed by atoms with van der Waals surface area (Å²) in [6.45, 7) is 4.91. The number of nitrogens with zero attached hydrogens (tertiary/aromatic N) is 5. The molecule has 4 rings (SSSR count). The summed E-state index contributed by atoms with van der Waals surface area (Å²) in [7, 11) is 0. The molecule has 0 radical (unpaired) electrons. The molecule has 0 aromatic carbocycles. The number of hydrogen-bond acceptors (Lipinski definition) is 3. The van der Waals surface area contributed by atoms with Crippen molar-refractivity contribution in [1.29, 1.82) is 0 Å². The molecule has 118 valence electrons. The van der Waals surface area contributed by atoms with E-state index >= 15 is 0 Å². The van der Waals surface area contributed by atoms with Gasteiger partial charge in [0.25, 0.3) is 0 Å². The normalized spacial score (nSPS) is 19.7. The second-order valence-corrected chi connectivity index (χ2v) is 6.98. The zero-order valence-corrected chi connectivity index (χ0v) is 13.6. The van der Waals surface area contributed by atoms with Gasteiger partial charge in [0.2, 0.25) is 0 Å². The summed E-state index contributed by atoms with van der Waals surface area (Å²) in [6, 6.07) is 2.67. The molecule has 0 saturated heterocycles. The molecule has 5 heteroatoms. The SMILES string of the molecule is Cc1cc(C)n(Cc2nc(C3CC3)nn2C2CCCCC2)n1. The van der Waals surface area contributed by atoms with Crippen LogP contribution in [0.5, 0.6) is 0 Å². The Morgan fingerprint density at radius 2 is 1.82 bits per heavy atom. The van der Waals surface area contributed by atoms with Crippen LogP contribution in [-0.2, 0) is 6.54 Å². The lowest BCUT2D eigenvalue weighted by Crippen LogP contribution is -2.19. The topological polar surface area (TPSA) is 48.5 Å². The predicted octanol–water partition coefficient (Wildman–Crippen LogP) is 3.52. The van der Waals surface area contributed by atoms with Crippen LogP contribution < -0.4 is 0 Å². The number of aryl methyl sites for hydroxylation is 2. The molecule has 0 bridgehead atoms. The molecule has 0 atom stereocenters. The third-order valence-corrected chi connectivity index (χ3v) is 4.98. The van der Waals surface area contributed by atoms with E-state index in [1.54, 1.807) is 0 Å². The van der Waals surface area contributed by atoms with Gasteiger partial charge < -0.3 is 0 Å². The van der Waals surface area contributed by atoms with Crippen LogP contribution in [0.3, 0.4) is 0 Å². The first kappa shape index (κ1) is 14.0. The minimum atomic E-state index is 0.542. The van der Waals surface area contributed by atoms with Gasteiger partial charge in [0, 0.05) is 11.6 Å². The summed E-state index contributed by atoms with van der Waals surface area (Å²) >= 11 is 0. The molecule has 2 aliphatic rings. The summed E-state index contributed by atoms with van der Waals surface area (Å²) in [6.07, 6.45) is 9.02. The van der Waals surface area contributed by atoms with E-state index in [2.05, 4.69) is 27.5 Å². The molecule has 0 spiro atoms. The Morgan fingerprint density at radius 3 is 2.45 bits per heavy atom. The molecule has 2 aromatic rings. The molecule has 2 fully saturated rings. The van der Waals surface area contributed by atoms with Crippen molar-refractivity contribution in [3.05, 3.63) is 29.1 Å². The maximum Gasteiger partial charge on any atom is 0.154 e. The number of hydrogen-bond donors (Lipinski definition) is 0. The van der Waals surface area contributed by atoms with Crippen LogP contribution in [0.2, 0.25) is 0 Å². The van der Waals surface area contributed by atoms with Gasteiger partial charge in [0.1, 0.15) is 12.4 Å². The first-order chi connectivity index (χ1) is 10.7. The fourth-order valence-corrected chi connectivity index (χ4v) is 3.58. The lowest BCUT2D eigenvalue weighted by molar-refractivity contribution is 0.317. The highest BCUT2D eigenvalue weighted by Crippen LogP contribution is 2.39. The predicted molar refractivity (Wildman–Crippen MR) is 84.9 cm³/mol. The Hall–Kier alpha value is -1.65. The van der Waals surface area contributed by atoms with Gasteiger partial charge in [-0.1, -0.05) is 19.3 Å². The van der Waals surface area contributed by atoms with E-state index in [0.29, 0.717) is 12.0 Å². The van der Waals surface area contributed by atoms with Gasteiger partial charge in [-0.3, -0.25) is 4.68 Å². The highest BCUT2D eigenvalue weighted by molar-refractivity contribution is 5.10. The first-order valence-electron chi connectivity index (χ1n) is 8.67. The lowest BCUT2D eigenvalue weighted by atomic mass is 9.95. The molecule has 5 nitrogen and oxygen atoms in total. The third-order valence-electron chi connectivity index (χ3n) is 4.98. The van der Waals surface area contributed by atoms with E-state index in [4.69, 9.17) is 10.1 Å². The van der Waals surface area contributed by atoms with E-state index in [1.165, 1.54) is 50.6 Å². The average molecular weight is 299 g/mol. The maximum atomic E-state index is 4.89. The highest BCUT2D eigenvalue weighted by atomic mass is 15.4. The zero-order chi connectivity index (χ0) is 15.1. The van der Waals surface area contributed by atoms with Crippen molar-refractivity contribution >= 4 is 0 Å². The molecule has 22 heavy (non-hydrogen) atoms. The largest absolute Gasteiger partial charge is 0.262 e. The summed E-state index contributed by atoms with van der Waals surface area (Å²) in [4.78, 5) is 4.88.